The molecule has 1 aliphatic rings. The van der Waals surface area contributed by atoms with Gasteiger partial charge in [0.2, 0.25) is 5.88 Å². The Balaban J connectivity index is 2.13. The van der Waals surface area contributed by atoms with Crippen molar-refractivity contribution in [2.75, 3.05) is 30.4 Å². The van der Waals surface area contributed by atoms with Crippen molar-refractivity contribution in [3.05, 3.63) is 11.9 Å². The van der Waals surface area contributed by atoms with Gasteiger partial charge in [0, 0.05) is 18.4 Å². The maximum absolute atomic E-state index is 5.23. The van der Waals surface area contributed by atoms with Gasteiger partial charge in [-0.1, -0.05) is 15.9 Å². The fourth-order valence-electron chi connectivity index (χ4n) is 2.36. The minimum atomic E-state index is 0.680. The second kappa shape index (κ2) is 5.67. The molecule has 2 rings (SSSR count). The average molecular weight is 300 g/mol. The van der Waals surface area contributed by atoms with E-state index >= 15 is 0 Å². The Morgan fingerprint density at radius 3 is 3.06 bits per heavy atom. The van der Waals surface area contributed by atoms with Crippen LogP contribution in [0.25, 0.3) is 0 Å². The maximum Gasteiger partial charge on any atom is 0.221 e. The molecule has 2 heterocycles. The fourth-order valence-corrected chi connectivity index (χ4v) is 3.01. The summed E-state index contributed by atoms with van der Waals surface area (Å²) in [5.74, 6) is 2.47. The molecule has 17 heavy (non-hydrogen) atoms. The molecule has 0 bridgehead atoms. The summed E-state index contributed by atoms with van der Waals surface area (Å²) in [4.78, 5) is 10.8. The molecule has 94 valence electrons. The Morgan fingerprint density at radius 2 is 2.35 bits per heavy atom. The van der Waals surface area contributed by atoms with Crippen LogP contribution in [0.5, 0.6) is 5.88 Å². The van der Waals surface area contributed by atoms with Crippen molar-refractivity contribution in [1.82, 2.24) is 9.97 Å². The molecule has 1 fully saturated rings. The topological polar surface area (TPSA) is 38.3 Å². The van der Waals surface area contributed by atoms with Gasteiger partial charge >= 0.3 is 0 Å². The van der Waals surface area contributed by atoms with E-state index in [1.54, 1.807) is 13.4 Å². The van der Waals surface area contributed by atoms with Crippen molar-refractivity contribution in [1.29, 1.82) is 0 Å². The Morgan fingerprint density at radius 1 is 1.53 bits per heavy atom. The molecule has 0 aliphatic carbocycles. The Bertz CT molecular complexity index is 386. The summed E-state index contributed by atoms with van der Waals surface area (Å²) in [5, 5.41) is 1.08. The van der Waals surface area contributed by atoms with E-state index in [4.69, 9.17) is 4.74 Å². The predicted molar refractivity (Wildman–Crippen MR) is 72.1 cm³/mol. The van der Waals surface area contributed by atoms with Crippen LogP contribution in [-0.2, 0) is 0 Å². The fraction of sp³-hybridized carbons (Fsp3) is 0.667. The van der Waals surface area contributed by atoms with Crippen molar-refractivity contribution in [2.24, 2.45) is 5.92 Å². The van der Waals surface area contributed by atoms with Crippen LogP contribution in [0.2, 0.25) is 0 Å². The first-order chi connectivity index (χ1) is 8.26. The molecule has 0 spiro atoms. The number of nitrogens with zero attached hydrogens (tertiary/aromatic N) is 3. The zero-order valence-corrected chi connectivity index (χ0v) is 11.9. The zero-order valence-electron chi connectivity index (χ0n) is 10.3. The molecule has 0 aromatic carbocycles. The largest absolute Gasteiger partial charge is 0.481 e. The van der Waals surface area contributed by atoms with Crippen molar-refractivity contribution in [2.45, 2.75) is 19.8 Å². The molecule has 0 radical (unpaired) electrons. The Hall–Kier alpha value is -0.840. The van der Waals surface area contributed by atoms with E-state index < -0.39 is 0 Å². The molecule has 1 aromatic rings. The summed E-state index contributed by atoms with van der Waals surface area (Å²) in [5.41, 5.74) is 1.04. The minimum absolute atomic E-state index is 0.680. The highest BCUT2D eigenvalue weighted by atomic mass is 79.9. The number of methoxy groups -OCH3 is 1. The number of ether oxygens (including phenoxy) is 1. The third-order valence-corrected chi connectivity index (χ3v) is 3.77. The number of anilines is 1. The summed E-state index contributed by atoms with van der Waals surface area (Å²) in [7, 11) is 1.65. The summed E-state index contributed by atoms with van der Waals surface area (Å²) >= 11 is 3.51. The summed E-state index contributed by atoms with van der Waals surface area (Å²) < 4.78 is 5.23. The molecule has 1 atom stereocenters. The SMILES string of the molecule is COc1ncnc(N2CCC(CCBr)C2)c1C. The number of rotatable bonds is 4. The molecule has 1 aromatic heterocycles. The van der Waals surface area contributed by atoms with Gasteiger partial charge in [-0.25, -0.2) is 9.97 Å². The second-order valence-electron chi connectivity index (χ2n) is 4.41. The zero-order chi connectivity index (χ0) is 12.3. The Kier molecular flexibility index (Phi) is 4.20. The lowest BCUT2D eigenvalue weighted by Crippen LogP contribution is -2.22. The lowest BCUT2D eigenvalue weighted by Gasteiger charge is -2.20. The van der Waals surface area contributed by atoms with Crippen molar-refractivity contribution in [3.63, 3.8) is 0 Å². The van der Waals surface area contributed by atoms with Gasteiger partial charge in [-0.15, -0.1) is 0 Å². The lowest BCUT2D eigenvalue weighted by atomic mass is 10.1. The van der Waals surface area contributed by atoms with Gasteiger partial charge in [0.05, 0.1) is 12.7 Å². The van der Waals surface area contributed by atoms with E-state index in [0.717, 1.165) is 35.7 Å². The van der Waals surface area contributed by atoms with Crippen LogP contribution < -0.4 is 9.64 Å². The van der Waals surface area contributed by atoms with E-state index in [1.165, 1.54) is 12.8 Å². The van der Waals surface area contributed by atoms with Gasteiger partial charge in [-0.05, 0) is 25.7 Å². The normalized spacial score (nSPS) is 19.7. The number of hydrogen-bond acceptors (Lipinski definition) is 4. The highest BCUT2D eigenvalue weighted by Crippen LogP contribution is 2.29. The molecule has 1 saturated heterocycles. The predicted octanol–water partition coefficient (Wildman–Crippen LogP) is 2.40. The maximum atomic E-state index is 5.23. The van der Waals surface area contributed by atoms with Crippen molar-refractivity contribution >= 4 is 21.7 Å². The quantitative estimate of drug-likeness (QED) is 0.800. The van der Waals surface area contributed by atoms with Crippen LogP contribution in [0.4, 0.5) is 5.82 Å². The number of halogens is 1. The Labute approximate surface area is 111 Å². The van der Waals surface area contributed by atoms with Gasteiger partial charge in [0.25, 0.3) is 0 Å². The first kappa shape index (κ1) is 12.6. The number of aromatic nitrogens is 2. The highest BCUT2D eigenvalue weighted by Gasteiger charge is 2.24. The molecule has 5 heteroatoms. The minimum Gasteiger partial charge on any atom is -0.481 e. The third-order valence-electron chi connectivity index (χ3n) is 3.31. The first-order valence-electron chi connectivity index (χ1n) is 5.92. The standard InChI is InChI=1S/C12H18BrN3O/c1-9-11(14-8-15-12(9)17-2)16-6-4-10(7-16)3-5-13/h8,10H,3-7H2,1-2H3. The summed E-state index contributed by atoms with van der Waals surface area (Å²) in [6, 6.07) is 0. The molecule has 1 aliphatic heterocycles. The van der Waals surface area contributed by atoms with Gasteiger partial charge in [0.15, 0.2) is 0 Å². The average Bonchev–Trinajstić information content (AvgIpc) is 2.78. The lowest BCUT2D eigenvalue weighted by molar-refractivity contribution is 0.393. The molecule has 0 N–H and O–H groups in total. The first-order valence-corrected chi connectivity index (χ1v) is 7.05. The smallest absolute Gasteiger partial charge is 0.221 e. The van der Waals surface area contributed by atoms with Gasteiger partial charge in [-0.2, -0.15) is 0 Å². The van der Waals surface area contributed by atoms with E-state index in [2.05, 4.69) is 30.8 Å². The summed E-state index contributed by atoms with van der Waals surface area (Å²) in [6.45, 7) is 4.19. The van der Waals surface area contributed by atoms with E-state index in [1.807, 2.05) is 6.92 Å². The molecule has 0 saturated carbocycles. The van der Waals surface area contributed by atoms with E-state index in [0.29, 0.717) is 5.88 Å². The molecule has 0 amide bonds. The second-order valence-corrected chi connectivity index (χ2v) is 5.20. The molecular weight excluding hydrogens is 282 g/mol. The van der Waals surface area contributed by atoms with Crippen LogP contribution in [0.15, 0.2) is 6.33 Å². The van der Waals surface area contributed by atoms with Gasteiger partial charge in [-0.3, -0.25) is 0 Å². The van der Waals surface area contributed by atoms with Crippen LogP contribution in [0.1, 0.15) is 18.4 Å². The number of hydrogen-bond donors (Lipinski definition) is 0. The van der Waals surface area contributed by atoms with Crippen LogP contribution >= 0.6 is 15.9 Å². The van der Waals surface area contributed by atoms with Crippen LogP contribution in [0, 0.1) is 12.8 Å². The molecular formula is C12H18BrN3O. The van der Waals surface area contributed by atoms with Crippen molar-refractivity contribution < 1.29 is 4.74 Å². The number of alkyl halides is 1. The van der Waals surface area contributed by atoms with Crippen LogP contribution in [0.3, 0.4) is 0 Å². The van der Waals surface area contributed by atoms with Crippen molar-refractivity contribution in [3.8, 4) is 5.88 Å². The van der Waals surface area contributed by atoms with Gasteiger partial charge in [0.1, 0.15) is 12.1 Å². The molecule has 4 nitrogen and oxygen atoms in total. The monoisotopic (exact) mass is 299 g/mol. The third kappa shape index (κ3) is 2.70. The highest BCUT2D eigenvalue weighted by molar-refractivity contribution is 9.09. The molecule has 1 unspecified atom stereocenters. The van der Waals surface area contributed by atoms with E-state index in [9.17, 15) is 0 Å². The van der Waals surface area contributed by atoms with Crippen LogP contribution in [-0.4, -0.2) is 35.5 Å². The van der Waals surface area contributed by atoms with Gasteiger partial charge < -0.3 is 9.64 Å². The van der Waals surface area contributed by atoms with E-state index in [-0.39, 0.29) is 0 Å². The summed E-state index contributed by atoms with van der Waals surface area (Å²) in [6.07, 6.45) is 4.06.